The highest BCUT2D eigenvalue weighted by Gasteiger charge is 2.59. The molecule has 28 heteroatoms. The Morgan fingerprint density at radius 3 is 1.34 bits per heavy atom. The molecule has 2 amide bonds. The molecule has 0 aliphatic carbocycles. The summed E-state index contributed by atoms with van der Waals surface area (Å²) >= 11 is 4.37. The molecule has 0 saturated carbocycles. The van der Waals surface area contributed by atoms with Gasteiger partial charge < -0.3 is 58.3 Å². The molecular formula is C43H80N5O18PS4. The highest BCUT2D eigenvalue weighted by atomic mass is 32.4. The van der Waals surface area contributed by atoms with Crippen molar-refractivity contribution in [2.75, 3.05) is 133 Å². The normalized spacial score (nSPS) is 28.1. The molecule has 6 saturated heterocycles. The summed E-state index contributed by atoms with van der Waals surface area (Å²) in [5.41, 5.74) is -0.368. The fraction of sp³-hybridized carbons (Fsp3) is 0.814. The molecule has 0 bridgehead atoms. The second kappa shape index (κ2) is 27.5. The molecule has 6 aliphatic heterocycles. The first-order valence-corrected chi connectivity index (χ1v) is 30.0. The van der Waals surface area contributed by atoms with Crippen molar-refractivity contribution in [1.82, 2.24) is 22.7 Å². The van der Waals surface area contributed by atoms with E-state index in [0.29, 0.717) is 58.0 Å². The van der Waals surface area contributed by atoms with Gasteiger partial charge in [0.1, 0.15) is 34.6 Å². The van der Waals surface area contributed by atoms with Crippen LogP contribution in [0.5, 0.6) is 0 Å². The summed E-state index contributed by atoms with van der Waals surface area (Å²) < 4.78 is 107. The van der Waals surface area contributed by atoms with Gasteiger partial charge >= 0.3 is 12.2 Å². The van der Waals surface area contributed by atoms with Crippen molar-refractivity contribution in [3.05, 3.63) is 36.5 Å². The summed E-state index contributed by atoms with van der Waals surface area (Å²) in [6, 6.07) is 0. The number of carbonyl (C=O) groups is 2. The molecule has 23 nitrogen and oxygen atoms in total. The minimum Gasteiger partial charge on any atom is -0.444 e. The fourth-order valence-corrected chi connectivity index (χ4v) is 9.65. The maximum Gasteiger partial charge on any atom is 0.410 e. The second-order valence-corrected chi connectivity index (χ2v) is 27.0. The van der Waals surface area contributed by atoms with Crippen LogP contribution in [0, 0.1) is 0 Å². The number of hydrogen-bond donors (Lipinski definition) is 3. The van der Waals surface area contributed by atoms with Gasteiger partial charge in [0.15, 0.2) is 0 Å². The van der Waals surface area contributed by atoms with Crippen LogP contribution in [0.2, 0.25) is 0 Å². The van der Waals surface area contributed by atoms with E-state index >= 15 is 0 Å². The van der Waals surface area contributed by atoms with Gasteiger partial charge in [-0.25, -0.2) is 34.8 Å². The number of sulfonamides is 3. The minimum atomic E-state index is -3.34. The lowest BCUT2D eigenvalue weighted by Gasteiger charge is -2.24. The van der Waals surface area contributed by atoms with Crippen molar-refractivity contribution in [1.29, 1.82) is 0 Å². The predicted molar refractivity (Wildman–Crippen MR) is 272 cm³/mol. The van der Waals surface area contributed by atoms with Gasteiger partial charge in [0.05, 0.1) is 63.4 Å². The zero-order valence-electron chi connectivity index (χ0n) is 43.8. The smallest absolute Gasteiger partial charge is 0.410 e. The summed E-state index contributed by atoms with van der Waals surface area (Å²) in [6.45, 7) is 27.6. The molecular weight excluding hydrogens is 1030 g/mol. The van der Waals surface area contributed by atoms with Gasteiger partial charge in [0, 0.05) is 80.8 Å². The largest absolute Gasteiger partial charge is 0.444 e. The predicted octanol–water partition coefficient (Wildman–Crippen LogP) is 0.865. The number of carbonyl (C=O) groups excluding carboxylic acids is 2. The number of β-amino-alcohol motifs (C(OH)–C–C–N with tert-alkyl or cyclic N) is 2. The topological polar surface area (TPSA) is 281 Å². The average Bonchev–Trinajstić information content (AvgIpc) is 3.63. The summed E-state index contributed by atoms with van der Waals surface area (Å²) in [5.74, 6) is 0. The lowest BCUT2D eigenvalue weighted by Crippen LogP contribution is -2.46. The zero-order chi connectivity index (χ0) is 55.3. The van der Waals surface area contributed by atoms with E-state index in [1.165, 1.54) is 33.1 Å². The number of likely N-dealkylation sites (tertiary alicyclic amines) is 2. The molecule has 1 spiro atoms. The molecule has 0 unspecified atom stereocenters. The van der Waals surface area contributed by atoms with E-state index in [0.717, 1.165) is 29.1 Å². The first-order chi connectivity index (χ1) is 32.3. The van der Waals surface area contributed by atoms with Crippen LogP contribution >= 0.6 is 7.36 Å². The summed E-state index contributed by atoms with van der Waals surface area (Å²) in [4.78, 5) is 26.2. The SMILES string of the molecule is C=C1CN(C(=O)OC(C)(C)C)C[C@@H]1OC.C=C1CN(C(=O)OC(C)(C)C)C[C@H]1O.C=C1CN(S(C)(=O)=O)C[C@@H]1OC.CO[C@H]1CN(S(C)(=O)=O)C[C@]1(O)CO.CO[C@H]1CN(S(C)(=O)=O)C[C@]12CO2.CP=S. The quantitative estimate of drug-likeness (QED) is 0.173. The van der Waals surface area contributed by atoms with Crippen LogP contribution in [-0.2, 0) is 75.0 Å². The van der Waals surface area contributed by atoms with Crippen molar-refractivity contribution in [2.45, 2.75) is 94.5 Å². The highest BCUT2D eigenvalue weighted by molar-refractivity contribution is 7.96. The van der Waals surface area contributed by atoms with Gasteiger partial charge in [-0.05, 0) is 72.3 Å². The molecule has 6 aliphatic rings. The number of epoxide rings is 1. The molecule has 6 rings (SSSR count). The Labute approximate surface area is 429 Å². The first kappa shape index (κ1) is 66.7. The standard InChI is InChI=1S/C11H19NO3.C10H17NO3.C7H15NO5S.C7H13NO4S.C7H13NO3S.CH3PS/c1-8-6-12(7-9(8)14-5)10(13)15-11(2,3)4;1-7-5-11(6-8(7)12)9(13)14-10(2,3)4;1-13-6-3-8(14(2,11)12)4-7(6,10)5-9;1-11-6-3-8(13(2,9)10)4-7(6)5-12-7;1-6-4-8(12(3,9)10)5-7(6)11-2;1-2-3/h9H,1,6-7H2,2-5H3;8,12H,1,5-6H2,2-4H3;6,9-10H,3-5H2,1-2H3;6H,3-5H2,1-2H3;7H,1,4-5H2,2-3H3;1H3/t9-;8-;2*6-,7-;7-;/m01000./s1. The van der Waals surface area contributed by atoms with Crippen molar-refractivity contribution in [2.24, 2.45) is 0 Å². The van der Waals surface area contributed by atoms with Crippen LogP contribution in [0.25, 0.3) is 0 Å². The average molecular weight is 1110 g/mol. The van der Waals surface area contributed by atoms with Crippen molar-refractivity contribution in [3.8, 4) is 0 Å². The van der Waals surface area contributed by atoms with Crippen LogP contribution in [0.1, 0.15) is 41.5 Å². The first-order valence-electron chi connectivity index (χ1n) is 22.1. The van der Waals surface area contributed by atoms with Gasteiger partial charge in [-0.2, -0.15) is 12.9 Å². The van der Waals surface area contributed by atoms with Gasteiger partial charge in [-0.15, -0.1) is 0 Å². The Hall–Kier alpha value is -2.31. The number of nitrogens with zero attached hydrogens (tertiary/aromatic N) is 5. The maximum atomic E-state index is 11.7. The number of ether oxygens (including phenoxy) is 7. The number of amides is 2. The van der Waals surface area contributed by atoms with Crippen LogP contribution < -0.4 is 0 Å². The second-order valence-electron chi connectivity index (χ2n) is 19.6. The third-order valence-electron chi connectivity index (χ3n) is 11.2. The molecule has 414 valence electrons. The van der Waals surface area contributed by atoms with Gasteiger partial charge in [-0.1, -0.05) is 31.5 Å². The number of aliphatic hydroxyl groups is 3. The zero-order valence-corrected chi connectivity index (χ0v) is 47.9. The number of methoxy groups -OCH3 is 4. The van der Waals surface area contributed by atoms with E-state index in [4.69, 9.17) is 38.3 Å². The highest BCUT2D eigenvalue weighted by Crippen LogP contribution is 2.39. The summed E-state index contributed by atoms with van der Waals surface area (Å²) in [7, 11) is -2.40. The lowest BCUT2D eigenvalue weighted by molar-refractivity contribution is -0.0890. The van der Waals surface area contributed by atoms with E-state index in [2.05, 4.69) is 31.5 Å². The molecule has 6 heterocycles. The summed E-state index contributed by atoms with van der Waals surface area (Å²) in [5, 5.41) is 28.1. The molecule has 0 aromatic heterocycles. The third kappa shape index (κ3) is 21.8. The van der Waals surface area contributed by atoms with E-state index < -0.39 is 71.8 Å². The molecule has 6 fully saturated rings. The molecule has 7 atom stereocenters. The van der Waals surface area contributed by atoms with E-state index in [-0.39, 0.29) is 49.6 Å². The maximum absolute atomic E-state index is 11.7. The molecule has 71 heavy (non-hydrogen) atoms. The van der Waals surface area contributed by atoms with Crippen LogP contribution in [0.3, 0.4) is 0 Å². The Balaban J connectivity index is 0.000000438. The van der Waals surface area contributed by atoms with Crippen LogP contribution in [0.15, 0.2) is 36.5 Å². The number of hydrogen-bond acceptors (Lipinski definition) is 19. The van der Waals surface area contributed by atoms with Crippen molar-refractivity contribution < 1.29 is 83.3 Å². The Bertz CT molecular complexity index is 2170. The monoisotopic (exact) mass is 1110 g/mol. The molecule has 3 N–H and O–H groups in total. The molecule has 0 aromatic carbocycles. The Morgan fingerprint density at radius 1 is 0.676 bits per heavy atom. The number of rotatable bonds is 8. The number of aliphatic hydroxyl groups excluding tert-OH is 2. The lowest BCUT2D eigenvalue weighted by atomic mass is 10.0. The van der Waals surface area contributed by atoms with Gasteiger partial charge in [0.25, 0.3) is 0 Å². The van der Waals surface area contributed by atoms with Crippen LogP contribution in [-0.4, -0.2) is 261 Å². The van der Waals surface area contributed by atoms with Crippen molar-refractivity contribution >= 4 is 61.4 Å². The molecule has 0 radical (unpaired) electrons. The fourth-order valence-electron chi connectivity index (χ4n) is 7.12. The van der Waals surface area contributed by atoms with E-state index in [1.807, 2.05) is 48.2 Å². The Kier molecular flexibility index (Phi) is 25.8. The van der Waals surface area contributed by atoms with Crippen molar-refractivity contribution in [3.63, 3.8) is 0 Å². The van der Waals surface area contributed by atoms with Gasteiger partial charge in [0.2, 0.25) is 30.1 Å². The van der Waals surface area contributed by atoms with Gasteiger partial charge in [-0.3, -0.25) is 0 Å². The Morgan fingerprint density at radius 2 is 1.06 bits per heavy atom. The minimum absolute atomic E-state index is 0.0579. The van der Waals surface area contributed by atoms with E-state index in [9.17, 15) is 45.1 Å². The molecule has 0 aromatic rings. The van der Waals surface area contributed by atoms with Crippen LogP contribution in [0.4, 0.5) is 9.59 Å². The third-order valence-corrected chi connectivity index (χ3v) is 14.8. The summed E-state index contributed by atoms with van der Waals surface area (Å²) in [6.07, 6.45) is 1.17. The van der Waals surface area contributed by atoms with E-state index in [1.54, 1.807) is 26.2 Å².